The van der Waals surface area contributed by atoms with Gasteiger partial charge in [0.25, 0.3) is 0 Å². The molecule has 1 heterocycles. The molecule has 70 valence electrons. The number of aromatic nitrogens is 2. The van der Waals surface area contributed by atoms with Crippen LogP contribution in [0.25, 0.3) is 6.08 Å². The minimum atomic E-state index is -0.0246. The minimum Gasteiger partial charge on any atom is -0.353 e. The maximum absolute atomic E-state index is 10.5. The molecule has 1 aromatic rings. The van der Waals surface area contributed by atoms with Gasteiger partial charge in [0.05, 0.1) is 12.0 Å². The number of carbonyl (C=O) groups is 1. The van der Waals surface area contributed by atoms with Crippen LogP contribution < -0.4 is 5.32 Å². The third-order valence-electron chi connectivity index (χ3n) is 1.61. The van der Waals surface area contributed by atoms with Gasteiger partial charge in [0, 0.05) is 19.2 Å². The number of nitrogens with one attached hydrogen (secondary N) is 2. The zero-order chi connectivity index (χ0) is 9.68. The summed E-state index contributed by atoms with van der Waals surface area (Å²) in [7, 11) is 0. The van der Waals surface area contributed by atoms with Crippen molar-refractivity contribution in [2.45, 2.75) is 13.8 Å². The first kappa shape index (κ1) is 9.51. The Kier molecular flexibility index (Phi) is 3.25. The molecule has 0 fully saturated rings. The highest BCUT2D eigenvalue weighted by Crippen LogP contribution is 2.01. The maximum Gasteiger partial charge on any atom is 0.217 e. The van der Waals surface area contributed by atoms with Gasteiger partial charge in [-0.25, -0.2) is 4.98 Å². The van der Waals surface area contributed by atoms with Crippen LogP contribution in [0.15, 0.2) is 12.4 Å². The summed E-state index contributed by atoms with van der Waals surface area (Å²) in [6, 6.07) is 0. The molecular weight excluding hydrogens is 166 g/mol. The second kappa shape index (κ2) is 4.45. The van der Waals surface area contributed by atoms with Gasteiger partial charge in [-0.05, 0) is 13.0 Å². The summed E-state index contributed by atoms with van der Waals surface area (Å²) >= 11 is 0. The van der Waals surface area contributed by atoms with Gasteiger partial charge in [-0.15, -0.1) is 0 Å². The molecule has 13 heavy (non-hydrogen) atoms. The Balaban J connectivity index is 2.41. The fourth-order valence-electron chi connectivity index (χ4n) is 0.911. The molecule has 0 bridgehead atoms. The predicted octanol–water partition coefficient (Wildman–Crippen LogP) is 0.867. The molecule has 4 nitrogen and oxygen atoms in total. The van der Waals surface area contributed by atoms with Crippen molar-refractivity contribution in [3.63, 3.8) is 0 Å². The molecule has 0 aliphatic heterocycles. The Morgan fingerprint density at radius 1 is 1.77 bits per heavy atom. The lowest BCUT2D eigenvalue weighted by molar-refractivity contribution is -0.118. The first-order chi connectivity index (χ1) is 6.20. The quantitative estimate of drug-likeness (QED) is 0.723. The lowest BCUT2D eigenvalue weighted by Crippen LogP contribution is -2.19. The van der Waals surface area contributed by atoms with Crippen molar-refractivity contribution in [1.29, 1.82) is 0 Å². The molecule has 1 rings (SSSR count). The van der Waals surface area contributed by atoms with Crippen LogP contribution >= 0.6 is 0 Å². The normalized spacial score (nSPS) is 10.6. The molecule has 0 aliphatic carbocycles. The van der Waals surface area contributed by atoms with E-state index in [9.17, 15) is 4.79 Å². The van der Waals surface area contributed by atoms with E-state index in [1.807, 2.05) is 19.1 Å². The van der Waals surface area contributed by atoms with E-state index in [0.29, 0.717) is 6.54 Å². The summed E-state index contributed by atoms with van der Waals surface area (Å²) in [5.74, 6) is -0.0246. The monoisotopic (exact) mass is 179 g/mol. The summed E-state index contributed by atoms with van der Waals surface area (Å²) in [4.78, 5) is 17.6. The molecule has 0 saturated heterocycles. The van der Waals surface area contributed by atoms with Crippen molar-refractivity contribution < 1.29 is 4.79 Å². The molecule has 0 unspecified atom stereocenters. The van der Waals surface area contributed by atoms with Crippen molar-refractivity contribution in [1.82, 2.24) is 15.3 Å². The summed E-state index contributed by atoms with van der Waals surface area (Å²) in [6.07, 6.45) is 5.39. The summed E-state index contributed by atoms with van der Waals surface area (Å²) in [5, 5.41) is 2.66. The molecule has 2 N–H and O–H groups in total. The smallest absolute Gasteiger partial charge is 0.217 e. The maximum atomic E-state index is 10.5. The number of rotatable bonds is 3. The average molecular weight is 179 g/mol. The molecule has 0 radical (unpaired) electrons. The van der Waals surface area contributed by atoms with Crippen molar-refractivity contribution in [2.24, 2.45) is 0 Å². The van der Waals surface area contributed by atoms with Gasteiger partial charge in [0.2, 0.25) is 5.91 Å². The van der Waals surface area contributed by atoms with E-state index in [-0.39, 0.29) is 5.91 Å². The van der Waals surface area contributed by atoms with E-state index in [0.717, 1.165) is 11.4 Å². The van der Waals surface area contributed by atoms with Crippen LogP contribution in [0.1, 0.15) is 18.3 Å². The fraction of sp³-hybridized carbons (Fsp3) is 0.333. The van der Waals surface area contributed by atoms with Crippen LogP contribution in [0.3, 0.4) is 0 Å². The fourth-order valence-corrected chi connectivity index (χ4v) is 0.911. The van der Waals surface area contributed by atoms with Gasteiger partial charge >= 0.3 is 0 Å². The lowest BCUT2D eigenvalue weighted by Gasteiger charge is -1.93. The van der Waals surface area contributed by atoms with Crippen molar-refractivity contribution in [2.75, 3.05) is 6.54 Å². The molecule has 1 amide bonds. The van der Waals surface area contributed by atoms with Crippen molar-refractivity contribution in [3.05, 3.63) is 23.8 Å². The highest BCUT2D eigenvalue weighted by atomic mass is 16.1. The Morgan fingerprint density at radius 3 is 3.08 bits per heavy atom. The second-order valence-electron chi connectivity index (χ2n) is 2.75. The first-order valence-corrected chi connectivity index (χ1v) is 4.11. The van der Waals surface area contributed by atoms with E-state index in [2.05, 4.69) is 15.3 Å². The van der Waals surface area contributed by atoms with E-state index in [1.165, 1.54) is 6.92 Å². The van der Waals surface area contributed by atoms with Gasteiger partial charge in [-0.2, -0.15) is 0 Å². The molecule has 0 saturated carbocycles. The van der Waals surface area contributed by atoms with E-state index >= 15 is 0 Å². The molecule has 4 heteroatoms. The first-order valence-electron chi connectivity index (χ1n) is 4.11. The van der Waals surface area contributed by atoms with Crippen molar-refractivity contribution >= 4 is 12.0 Å². The summed E-state index contributed by atoms with van der Waals surface area (Å²) in [5.41, 5.74) is 1.93. The number of hydrogen-bond donors (Lipinski definition) is 2. The molecule has 0 aromatic carbocycles. The Labute approximate surface area is 77.1 Å². The largest absolute Gasteiger partial charge is 0.353 e. The minimum absolute atomic E-state index is 0.0246. The van der Waals surface area contributed by atoms with E-state index < -0.39 is 0 Å². The van der Waals surface area contributed by atoms with Gasteiger partial charge < -0.3 is 10.3 Å². The topological polar surface area (TPSA) is 57.8 Å². The van der Waals surface area contributed by atoms with Crippen LogP contribution in [-0.4, -0.2) is 22.4 Å². The van der Waals surface area contributed by atoms with Gasteiger partial charge in [0.1, 0.15) is 0 Å². The third kappa shape index (κ3) is 3.11. The SMILES string of the molecule is CC(=O)NCC=Cc1nc[nH]c1C. The molecule has 0 aliphatic rings. The Morgan fingerprint density at radius 2 is 2.54 bits per heavy atom. The highest BCUT2D eigenvalue weighted by molar-refractivity contribution is 5.73. The van der Waals surface area contributed by atoms with Crippen molar-refractivity contribution in [3.8, 4) is 0 Å². The van der Waals surface area contributed by atoms with Crippen LogP contribution in [0.5, 0.6) is 0 Å². The third-order valence-corrected chi connectivity index (χ3v) is 1.61. The number of aromatic amines is 1. The lowest BCUT2D eigenvalue weighted by atomic mass is 10.3. The summed E-state index contributed by atoms with van der Waals surface area (Å²) in [6.45, 7) is 3.99. The number of hydrogen-bond acceptors (Lipinski definition) is 2. The van der Waals surface area contributed by atoms with Crippen LogP contribution in [-0.2, 0) is 4.79 Å². The molecule has 0 atom stereocenters. The summed E-state index contributed by atoms with van der Waals surface area (Å²) < 4.78 is 0. The van der Waals surface area contributed by atoms with Crippen LogP contribution in [0.4, 0.5) is 0 Å². The Bertz CT molecular complexity index is 314. The molecule has 0 spiro atoms. The van der Waals surface area contributed by atoms with Gasteiger partial charge in [0.15, 0.2) is 0 Å². The second-order valence-corrected chi connectivity index (χ2v) is 2.75. The number of H-pyrrole nitrogens is 1. The van der Waals surface area contributed by atoms with E-state index in [1.54, 1.807) is 6.33 Å². The van der Waals surface area contributed by atoms with Gasteiger partial charge in [-0.1, -0.05) is 6.08 Å². The standard InChI is InChI=1S/C9H13N3O/c1-7-9(12-6-11-7)4-3-5-10-8(2)13/h3-4,6H,5H2,1-2H3,(H,10,13)(H,11,12). The number of nitrogens with zero attached hydrogens (tertiary/aromatic N) is 1. The molecule has 1 aromatic heterocycles. The van der Waals surface area contributed by atoms with Crippen LogP contribution in [0, 0.1) is 6.92 Å². The zero-order valence-electron chi connectivity index (χ0n) is 7.79. The number of amides is 1. The Hall–Kier alpha value is -1.58. The number of carbonyl (C=O) groups excluding carboxylic acids is 1. The predicted molar refractivity (Wildman–Crippen MR) is 51.0 cm³/mol. The number of imidazole rings is 1. The number of aryl methyl sites for hydroxylation is 1. The zero-order valence-corrected chi connectivity index (χ0v) is 7.79. The van der Waals surface area contributed by atoms with Crippen LogP contribution in [0.2, 0.25) is 0 Å². The van der Waals surface area contributed by atoms with E-state index in [4.69, 9.17) is 0 Å². The van der Waals surface area contributed by atoms with Gasteiger partial charge in [-0.3, -0.25) is 4.79 Å². The highest BCUT2D eigenvalue weighted by Gasteiger charge is 1.93. The average Bonchev–Trinajstić information content (AvgIpc) is 2.45. The molecular formula is C9H13N3O.